The number of sulfonamides is 1. The molecule has 1 aliphatic rings. The second-order valence-corrected chi connectivity index (χ2v) is 10.1. The summed E-state index contributed by atoms with van der Waals surface area (Å²) in [5, 5.41) is 16.8. The Morgan fingerprint density at radius 2 is 2.09 bits per heavy atom. The molecule has 0 atom stereocenters. The van der Waals surface area contributed by atoms with Gasteiger partial charge in [0, 0.05) is 42.8 Å². The van der Waals surface area contributed by atoms with Crippen molar-refractivity contribution in [1.29, 1.82) is 5.26 Å². The van der Waals surface area contributed by atoms with Crippen molar-refractivity contribution in [2.24, 2.45) is 0 Å². The Hall–Kier alpha value is -3.26. The van der Waals surface area contributed by atoms with E-state index in [1.54, 1.807) is 41.8 Å². The standard InChI is InChI=1S/C22H21N5O3S2/c23-14-17-4-2-8-24-21(17)25-9-10-26-22(28)16-3-1-5-19(13-16)32(29,30)27-11-6-20-18(15-27)7-12-31-20/h1-5,7-8,12-13H,6,9-11,15H2,(H,24,25)(H,26,28). The second-order valence-electron chi connectivity index (χ2n) is 7.18. The molecular formula is C22H21N5O3S2. The van der Waals surface area contributed by atoms with Gasteiger partial charge in [0.05, 0.1) is 10.5 Å². The van der Waals surface area contributed by atoms with Crippen LogP contribution in [0.15, 0.2) is 58.9 Å². The van der Waals surface area contributed by atoms with Crippen LogP contribution in [0.25, 0.3) is 0 Å². The van der Waals surface area contributed by atoms with E-state index in [4.69, 9.17) is 5.26 Å². The fraction of sp³-hybridized carbons (Fsp3) is 0.227. The van der Waals surface area contributed by atoms with Gasteiger partial charge in [-0.2, -0.15) is 9.57 Å². The van der Waals surface area contributed by atoms with E-state index in [1.807, 2.05) is 17.5 Å². The average Bonchev–Trinajstić information content (AvgIpc) is 3.30. The minimum atomic E-state index is -3.70. The predicted octanol–water partition coefficient (Wildman–Crippen LogP) is 2.60. The predicted molar refractivity (Wildman–Crippen MR) is 122 cm³/mol. The van der Waals surface area contributed by atoms with Crippen LogP contribution in [0.5, 0.6) is 0 Å². The van der Waals surface area contributed by atoms with E-state index < -0.39 is 10.0 Å². The number of hydrogen-bond donors (Lipinski definition) is 2. The van der Waals surface area contributed by atoms with E-state index in [2.05, 4.69) is 15.6 Å². The number of aromatic nitrogens is 1. The molecule has 0 unspecified atom stereocenters. The van der Waals surface area contributed by atoms with Crippen LogP contribution in [-0.2, 0) is 23.0 Å². The largest absolute Gasteiger partial charge is 0.367 e. The van der Waals surface area contributed by atoms with Gasteiger partial charge < -0.3 is 10.6 Å². The first-order chi connectivity index (χ1) is 15.5. The van der Waals surface area contributed by atoms with E-state index in [-0.39, 0.29) is 22.9 Å². The van der Waals surface area contributed by atoms with Crippen LogP contribution in [0.4, 0.5) is 5.82 Å². The molecular weight excluding hydrogens is 446 g/mol. The van der Waals surface area contributed by atoms with Crippen LogP contribution >= 0.6 is 11.3 Å². The monoisotopic (exact) mass is 467 g/mol. The number of nitrogens with one attached hydrogen (secondary N) is 2. The molecule has 1 amide bonds. The zero-order chi connectivity index (χ0) is 22.6. The summed E-state index contributed by atoms with van der Waals surface area (Å²) < 4.78 is 27.7. The first kappa shape index (κ1) is 22.0. The number of nitrogens with zero attached hydrogens (tertiary/aromatic N) is 3. The molecule has 2 N–H and O–H groups in total. The quantitative estimate of drug-likeness (QED) is 0.516. The lowest BCUT2D eigenvalue weighted by Gasteiger charge is -2.26. The molecule has 0 saturated heterocycles. The van der Waals surface area contributed by atoms with Gasteiger partial charge in [-0.15, -0.1) is 11.3 Å². The van der Waals surface area contributed by atoms with Crippen molar-refractivity contribution in [2.75, 3.05) is 25.0 Å². The summed E-state index contributed by atoms with van der Waals surface area (Å²) in [5.41, 5.74) is 1.73. The molecule has 4 rings (SSSR count). The van der Waals surface area contributed by atoms with E-state index in [9.17, 15) is 13.2 Å². The minimum Gasteiger partial charge on any atom is -0.367 e. The average molecular weight is 468 g/mol. The van der Waals surface area contributed by atoms with Crippen LogP contribution in [0.1, 0.15) is 26.4 Å². The molecule has 1 aromatic carbocycles. The Morgan fingerprint density at radius 1 is 1.22 bits per heavy atom. The van der Waals surface area contributed by atoms with Gasteiger partial charge in [-0.3, -0.25) is 4.79 Å². The van der Waals surface area contributed by atoms with Crippen molar-refractivity contribution in [3.05, 3.63) is 75.6 Å². The summed E-state index contributed by atoms with van der Waals surface area (Å²) in [4.78, 5) is 18.0. The van der Waals surface area contributed by atoms with Crippen molar-refractivity contribution in [2.45, 2.75) is 17.9 Å². The molecule has 0 radical (unpaired) electrons. The number of thiophene rings is 1. The number of pyridine rings is 1. The van der Waals surface area contributed by atoms with Crippen molar-refractivity contribution in [3.8, 4) is 6.07 Å². The fourth-order valence-corrected chi connectivity index (χ4v) is 5.82. The lowest BCUT2D eigenvalue weighted by atomic mass is 10.1. The van der Waals surface area contributed by atoms with Crippen LogP contribution in [0.3, 0.4) is 0 Å². The number of rotatable bonds is 7. The number of carbonyl (C=O) groups excluding carboxylic acids is 1. The van der Waals surface area contributed by atoms with E-state index in [0.29, 0.717) is 37.4 Å². The van der Waals surface area contributed by atoms with Gasteiger partial charge in [-0.1, -0.05) is 6.07 Å². The lowest BCUT2D eigenvalue weighted by molar-refractivity contribution is 0.0955. The molecule has 3 heterocycles. The number of nitriles is 1. The highest BCUT2D eigenvalue weighted by atomic mass is 32.2. The van der Waals surface area contributed by atoms with Crippen molar-refractivity contribution < 1.29 is 13.2 Å². The molecule has 0 bridgehead atoms. The molecule has 10 heteroatoms. The molecule has 0 fully saturated rings. The molecule has 3 aromatic rings. The van der Waals surface area contributed by atoms with Crippen molar-refractivity contribution in [3.63, 3.8) is 0 Å². The third kappa shape index (κ3) is 4.65. The van der Waals surface area contributed by atoms with Crippen LogP contribution in [-0.4, -0.2) is 43.2 Å². The van der Waals surface area contributed by atoms with Gasteiger partial charge in [0.2, 0.25) is 10.0 Å². The van der Waals surface area contributed by atoms with Gasteiger partial charge in [0.1, 0.15) is 11.9 Å². The molecule has 0 aliphatic carbocycles. The maximum absolute atomic E-state index is 13.1. The first-order valence-electron chi connectivity index (χ1n) is 10.0. The summed E-state index contributed by atoms with van der Waals surface area (Å²) >= 11 is 1.65. The fourth-order valence-electron chi connectivity index (χ4n) is 3.47. The second kappa shape index (κ2) is 9.48. The third-order valence-corrected chi connectivity index (χ3v) is 8.00. The van der Waals surface area contributed by atoms with Gasteiger partial charge >= 0.3 is 0 Å². The number of anilines is 1. The van der Waals surface area contributed by atoms with Gasteiger partial charge in [-0.05, 0) is 53.8 Å². The Bertz CT molecular complexity index is 1280. The molecule has 0 spiro atoms. The highest BCUT2D eigenvalue weighted by Crippen LogP contribution is 2.28. The summed E-state index contributed by atoms with van der Waals surface area (Å²) in [6.07, 6.45) is 2.28. The minimum absolute atomic E-state index is 0.106. The molecule has 2 aromatic heterocycles. The zero-order valence-electron chi connectivity index (χ0n) is 17.1. The van der Waals surface area contributed by atoms with E-state index in [1.165, 1.54) is 21.3 Å². The maximum Gasteiger partial charge on any atom is 0.251 e. The zero-order valence-corrected chi connectivity index (χ0v) is 18.7. The first-order valence-corrected chi connectivity index (χ1v) is 12.3. The molecule has 164 valence electrons. The summed E-state index contributed by atoms with van der Waals surface area (Å²) in [5.74, 6) is 0.0804. The Labute approximate surface area is 190 Å². The highest BCUT2D eigenvalue weighted by molar-refractivity contribution is 7.89. The van der Waals surface area contributed by atoms with E-state index >= 15 is 0 Å². The van der Waals surface area contributed by atoms with Crippen molar-refractivity contribution in [1.82, 2.24) is 14.6 Å². The topological polar surface area (TPSA) is 115 Å². The highest BCUT2D eigenvalue weighted by Gasteiger charge is 2.29. The van der Waals surface area contributed by atoms with E-state index in [0.717, 1.165) is 5.56 Å². The van der Waals surface area contributed by atoms with Crippen LogP contribution < -0.4 is 10.6 Å². The Balaban J connectivity index is 1.38. The van der Waals surface area contributed by atoms with Crippen LogP contribution in [0, 0.1) is 11.3 Å². The number of hydrogen-bond acceptors (Lipinski definition) is 7. The molecule has 0 saturated carbocycles. The number of benzene rings is 1. The third-order valence-electron chi connectivity index (χ3n) is 5.14. The number of fused-ring (bicyclic) bond motifs is 1. The maximum atomic E-state index is 13.1. The number of amides is 1. The van der Waals surface area contributed by atoms with Crippen molar-refractivity contribution >= 4 is 33.1 Å². The van der Waals surface area contributed by atoms with Gasteiger partial charge in [0.15, 0.2) is 0 Å². The lowest BCUT2D eigenvalue weighted by Crippen LogP contribution is -2.35. The Kier molecular flexibility index (Phi) is 6.50. The SMILES string of the molecule is N#Cc1cccnc1NCCNC(=O)c1cccc(S(=O)(=O)N2CCc3sccc3C2)c1. The summed E-state index contributed by atoms with van der Waals surface area (Å²) in [6, 6.07) is 13.4. The van der Waals surface area contributed by atoms with Crippen LogP contribution in [0.2, 0.25) is 0 Å². The molecule has 1 aliphatic heterocycles. The molecule has 8 nitrogen and oxygen atoms in total. The smallest absolute Gasteiger partial charge is 0.251 e. The van der Waals surface area contributed by atoms with Gasteiger partial charge in [0.25, 0.3) is 5.91 Å². The summed E-state index contributed by atoms with van der Waals surface area (Å²) in [7, 11) is -3.70. The number of carbonyl (C=O) groups is 1. The van der Waals surface area contributed by atoms with Gasteiger partial charge in [-0.25, -0.2) is 13.4 Å². The molecule has 32 heavy (non-hydrogen) atoms. The summed E-state index contributed by atoms with van der Waals surface area (Å²) in [6.45, 7) is 1.42. The normalized spacial score (nSPS) is 13.7. The Morgan fingerprint density at radius 3 is 2.94 bits per heavy atom.